The minimum Gasteiger partial charge on any atom is -0.494 e. The van der Waals surface area contributed by atoms with Crippen molar-refractivity contribution in [3.63, 3.8) is 0 Å². The summed E-state index contributed by atoms with van der Waals surface area (Å²) in [7, 11) is 0. The minimum atomic E-state index is 0.533. The van der Waals surface area contributed by atoms with Crippen LogP contribution >= 0.6 is 11.3 Å². The summed E-state index contributed by atoms with van der Waals surface area (Å²) in [6, 6.07) is 11.9. The Labute approximate surface area is 163 Å². The van der Waals surface area contributed by atoms with E-state index in [4.69, 9.17) is 9.15 Å². The first-order valence-corrected chi connectivity index (χ1v) is 9.89. The number of hydrogen-bond acceptors (Lipinski definition) is 5. The van der Waals surface area contributed by atoms with E-state index in [1.165, 1.54) is 0 Å². The summed E-state index contributed by atoms with van der Waals surface area (Å²) in [4.78, 5) is 10.2. The van der Waals surface area contributed by atoms with E-state index in [1.54, 1.807) is 17.6 Å². The van der Waals surface area contributed by atoms with Crippen molar-refractivity contribution in [2.45, 2.75) is 26.9 Å². The quantitative estimate of drug-likeness (QED) is 0.453. The van der Waals surface area contributed by atoms with Crippen LogP contribution in [0.15, 0.2) is 57.5 Å². The molecule has 2 aromatic heterocycles. The van der Waals surface area contributed by atoms with Gasteiger partial charge in [-0.3, -0.25) is 0 Å². The maximum atomic E-state index is 5.67. The van der Waals surface area contributed by atoms with Crippen LogP contribution in [0.25, 0.3) is 10.8 Å². The van der Waals surface area contributed by atoms with Crippen LogP contribution in [-0.4, -0.2) is 24.1 Å². The highest BCUT2D eigenvalue weighted by Crippen LogP contribution is 2.23. The number of para-hydroxylation sites is 1. The summed E-state index contributed by atoms with van der Waals surface area (Å²) in [6.07, 6.45) is 1.68. The fourth-order valence-corrected chi connectivity index (χ4v) is 3.17. The number of guanidine groups is 1. The molecule has 0 radical (unpaired) electrons. The molecule has 0 saturated heterocycles. The summed E-state index contributed by atoms with van der Waals surface area (Å²) < 4.78 is 11.2. The smallest absolute Gasteiger partial charge is 0.236 e. The van der Waals surface area contributed by atoms with Crippen molar-refractivity contribution in [3.8, 4) is 16.5 Å². The van der Waals surface area contributed by atoms with Gasteiger partial charge in [0.2, 0.25) is 5.89 Å². The molecule has 0 spiro atoms. The third kappa shape index (κ3) is 5.34. The first-order chi connectivity index (χ1) is 13.3. The maximum Gasteiger partial charge on any atom is 0.236 e. The Bertz CT molecular complexity index is 859. The largest absolute Gasteiger partial charge is 0.494 e. The van der Waals surface area contributed by atoms with E-state index in [0.29, 0.717) is 25.6 Å². The van der Waals surface area contributed by atoms with Gasteiger partial charge in [0.25, 0.3) is 0 Å². The first-order valence-electron chi connectivity index (χ1n) is 9.01. The second kappa shape index (κ2) is 9.78. The second-order valence-corrected chi connectivity index (χ2v) is 6.66. The summed E-state index contributed by atoms with van der Waals surface area (Å²) >= 11 is 1.61. The van der Waals surface area contributed by atoms with Gasteiger partial charge in [-0.05, 0) is 31.4 Å². The third-order valence-electron chi connectivity index (χ3n) is 3.74. The molecule has 3 rings (SSSR count). The highest BCUT2D eigenvalue weighted by molar-refractivity contribution is 7.13. The fourth-order valence-electron chi connectivity index (χ4n) is 2.51. The lowest BCUT2D eigenvalue weighted by Gasteiger charge is -2.11. The lowest BCUT2D eigenvalue weighted by atomic mass is 10.2. The van der Waals surface area contributed by atoms with E-state index in [0.717, 1.165) is 34.4 Å². The van der Waals surface area contributed by atoms with Crippen molar-refractivity contribution < 1.29 is 9.15 Å². The zero-order chi connectivity index (χ0) is 18.9. The van der Waals surface area contributed by atoms with E-state index in [9.17, 15) is 0 Å². The van der Waals surface area contributed by atoms with Gasteiger partial charge in [0, 0.05) is 12.1 Å². The van der Waals surface area contributed by atoms with Gasteiger partial charge < -0.3 is 19.8 Å². The second-order valence-electron chi connectivity index (χ2n) is 5.71. The van der Waals surface area contributed by atoms with Gasteiger partial charge in [-0.1, -0.05) is 24.3 Å². The zero-order valence-electron chi connectivity index (χ0n) is 15.6. The van der Waals surface area contributed by atoms with Crippen LogP contribution in [-0.2, 0) is 13.1 Å². The Morgan fingerprint density at radius 3 is 2.85 bits per heavy atom. The molecule has 3 aromatic rings. The van der Waals surface area contributed by atoms with Crippen molar-refractivity contribution in [1.82, 2.24) is 15.6 Å². The third-order valence-corrected chi connectivity index (χ3v) is 4.60. The van der Waals surface area contributed by atoms with Crippen LogP contribution in [0.1, 0.15) is 25.1 Å². The van der Waals surface area contributed by atoms with Crippen LogP contribution < -0.4 is 15.4 Å². The number of benzene rings is 1. The Balaban J connectivity index is 1.63. The highest BCUT2D eigenvalue weighted by Gasteiger charge is 2.08. The Morgan fingerprint density at radius 2 is 2.07 bits per heavy atom. The van der Waals surface area contributed by atoms with Crippen LogP contribution in [0.5, 0.6) is 5.75 Å². The molecular weight excluding hydrogens is 360 g/mol. The van der Waals surface area contributed by atoms with Crippen LogP contribution in [0.2, 0.25) is 0 Å². The number of oxazole rings is 1. The van der Waals surface area contributed by atoms with Crippen molar-refractivity contribution in [1.29, 1.82) is 0 Å². The normalized spacial score (nSPS) is 11.4. The highest BCUT2D eigenvalue weighted by atomic mass is 32.1. The Hall–Kier alpha value is -2.80. The van der Waals surface area contributed by atoms with Crippen molar-refractivity contribution in [2.75, 3.05) is 13.2 Å². The van der Waals surface area contributed by atoms with E-state index in [-0.39, 0.29) is 0 Å². The molecule has 1 aromatic carbocycles. The van der Waals surface area contributed by atoms with Crippen molar-refractivity contribution in [3.05, 3.63) is 59.3 Å². The number of nitrogens with one attached hydrogen (secondary N) is 2. The molecular formula is C20H24N4O2S. The van der Waals surface area contributed by atoms with Crippen LogP contribution in [0.4, 0.5) is 0 Å². The van der Waals surface area contributed by atoms with E-state index in [1.807, 2.05) is 55.6 Å². The van der Waals surface area contributed by atoms with Crippen molar-refractivity contribution >= 4 is 17.3 Å². The number of rotatable bonds is 8. The topological polar surface area (TPSA) is 71.7 Å². The van der Waals surface area contributed by atoms with E-state index >= 15 is 0 Å². The number of thiophene rings is 1. The Morgan fingerprint density at radius 1 is 1.19 bits per heavy atom. The molecule has 142 valence electrons. The summed E-state index contributed by atoms with van der Waals surface area (Å²) in [6.45, 7) is 6.50. The molecule has 0 unspecified atom stereocenters. The molecule has 2 N–H and O–H groups in total. The number of aromatic nitrogens is 1. The summed E-state index contributed by atoms with van der Waals surface area (Å²) in [5.74, 6) is 2.25. The molecule has 0 atom stereocenters. The van der Waals surface area contributed by atoms with Gasteiger partial charge in [-0.2, -0.15) is 0 Å². The molecule has 0 aliphatic rings. The van der Waals surface area contributed by atoms with Crippen LogP contribution in [0, 0.1) is 0 Å². The monoisotopic (exact) mass is 384 g/mol. The van der Waals surface area contributed by atoms with Crippen LogP contribution in [0.3, 0.4) is 0 Å². The predicted molar refractivity (Wildman–Crippen MR) is 109 cm³/mol. The van der Waals surface area contributed by atoms with Gasteiger partial charge >= 0.3 is 0 Å². The average molecular weight is 385 g/mol. The molecule has 7 heteroatoms. The van der Waals surface area contributed by atoms with Gasteiger partial charge in [-0.15, -0.1) is 11.3 Å². The average Bonchev–Trinajstić information content (AvgIpc) is 3.37. The number of nitrogens with zero attached hydrogens (tertiary/aromatic N) is 2. The molecule has 2 heterocycles. The fraction of sp³-hybridized carbons (Fsp3) is 0.300. The zero-order valence-corrected chi connectivity index (χ0v) is 16.4. The van der Waals surface area contributed by atoms with Gasteiger partial charge in [0.1, 0.15) is 12.0 Å². The summed E-state index contributed by atoms with van der Waals surface area (Å²) in [5.41, 5.74) is 1.89. The molecule has 0 saturated carbocycles. The first kappa shape index (κ1) is 19.0. The van der Waals surface area contributed by atoms with E-state index < -0.39 is 0 Å². The number of hydrogen-bond donors (Lipinski definition) is 2. The van der Waals surface area contributed by atoms with Gasteiger partial charge in [0.15, 0.2) is 5.96 Å². The van der Waals surface area contributed by atoms with E-state index in [2.05, 4.69) is 20.6 Å². The summed E-state index contributed by atoms with van der Waals surface area (Å²) in [5, 5.41) is 8.55. The maximum absolute atomic E-state index is 5.67. The number of ether oxygens (including phenoxy) is 1. The molecule has 0 bridgehead atoms. The standard InChI is InChI=1S/C20H24N4O2S/c1-3-21-20(22-12-15-8-5-6-9-17(15)25-4-2)23-13-16-14-26-19(24-16)18-10-7-11-27-18/h5-11,14H,3-4,12-13H2,1-2H3,(H2,21,22,23). The molecule has 6 nitrogen and oxygen atoms in total. The molecule has 27 heavy (non-hydrogen) atoms. The Kier molecular flexibility index (Phi) is 6.87. The number of aliphatic imine (C=N–C) groups is 1. The molecule has 0 amide bonds. The predicted octanol–water partition coefficient (Wildman–Crippen LogP) is 4.06. The minimum absolute atomic E-state index is 0.533. The van der Waals surface area contributed by atoms with Gasteiger partial charge in [0.05, 0.1) is 30.3 Å². The lowest BCUT2D eigenvalue weighted by Crippen LogP contribution is -2.36. The van der Waals surface area contributed by atoms with Gasteiger partial charge in [-0.25, -0.2) is 9.98 Å². The molecule has 0 fully saturated rings. The molecule has 0 aliphatic carbocycles. The SMILES string of the molecule is CCNC(=NCc1ccccc1OCC)NCc1coc(-c2cccs2)n1. The van der Waals surface area contributed by atoms with Crippen molar-refractivity contribution in [2.24, 2.45) is 4.99 Å². The molecule has 0 aliphatic heterocycles. The lowest BCUT2D eigenvalue weighted by molar-refractivity contribution is 0.336.